The highest BCUT2D eigenvalue weighted by atomic mass is 16.5. The highest BCUT2D eigenvalue weighted by Crippen LogP contribution is 2.65. The minimum absolute atomic E-state index is 0.0577. The molecule has 2 saturated carbocycles. The lowest BCUT2D eigenvalue weighted by Crippen LogP contribution is -2.78. The molecule has 1 spiro atoms. The molecule has 160 valence electrons. The van der Waals surface area contributed by atoms with E-state index in [0.29, 0.717) is 18.6 Å². The minimum atomic E-state index is -0.911. The van der Waals surface area contributed by atoms with Gasteiger partial charge in [-0.15, -0.1) is 0 Å². The molecule has 2 N–H and O–H groups in total. The highest BCUT2D eigenvalue weighted by molar-refractivity contribution is 5.87. The van der Waals surface area contributed by atoms with Crippen molar-refractivity contribution in [1.82, 2.24) is 9.80 Å². The second kappa shape index (κ2) is 6.01. The number of benzene rings is 1. The van der Waals surface area contributed by atoms with E-state index in [4.69, 9.17) is 4.74 Å². The summed E-state index contributed by atoms with van der Waals surface area (Å²) in [7, 11) is 1.80. The smallest absolute Gasteiger partial charge is 0.246 e. The van der Waals surface area contributed by atoms with Crippen molar-refractivity contribution in [2.45, 2.75) is 67.7 Å². The van der Waals surface area contributed by atoms with Gasteiger partial charge in [0.1, 0.15) is 6.10 Å². The predicted molar refractivity (Wildman–Crippen MR) is 112 cm³/mol. The monoisotopic (exact) mass is 410 g/mol. The first-order valence-corrected chi connectivity index (χ1v) is 11.3. The number of carbonyl (C=O) groups excluding carboxylic acids is 1. The molecule has 0 aromatic heterocycles. The van der Waals surface area contributed by atoms with Crippen molar-refractivity contribution in [3.8, 4) is 11.5 Å². The van der Waals surface area contributed by atoms with Gasteiger partial charge >= 0.3 is 0 Å². The Morgan fingerprint density at radius 1 is 1.37 bits per heavy atom. The molecule has 1 aromatic carbocycles. The van der Waals surface area contributed by atoms with Crippen LogP contribution in [0, 0.1) is 5.92 Å². The molecule has 0 radical (unpaired) electrons. The van der Waals surface area contributed by atoms with Gasteiger partial charge in [-0.1, -0.05) is 12.6 Å². The van der Waals surface area contributed by atoms with E-state index in [2.05, 4.69) is 11.5 Å². The first kappa shape index (κ1) is 18.7. The lowest BCUT2D eigenvalue weighted by molar-refractivity contribution is -0.200. The topological polar surface area (TPSA) is 73.2 Å². The molecule has 1 aromatic rings. The quantitative estimate of drug-likeness (QED) is 0.743. The van der Waals surface area contributed by atoms with E-state index in [9.17, 15) is 15.0 Å². The number of nitrogens with zero attached hydrogens (tertiary/aromatic N) is 2. The molecular formula is C24H30N2O4. The Morgan fingerprint density at radius 3 is 2.90 bits per heavy atom. The van der Waals surface area contributed by atoms with E-state index in [1.54, 1.807) is 18.0 Å². The van der Waals surface area contributed by atoms with Crippen molar-refractivity contribution in [3.63, 3.8) is 0 Å². The molecule has 5 aliphatic rings. The van der Waals surface area contributed by atoms with Crippen LogP contribution in [-0.2, 0) is 16.6 Å². The van der Waals surface area contributed by atoms with Crippen LogP contribution in [0.1, 0.15) is 43.2 Å². The molecule has 6 rings (SSSR count). The van der Waals surface area contributed by atoms with Gasteiger partial charge in [-0.05, 0) is 68.7 Å². The number of piperidine rings is 1. The maximum absolute atomic E-state index is 12.5. The van der Waals surface area contributed by atoms with Crippen LogP contribution in [0.4, 0.5) is 0 Å². The zero-order valence-corrected chi connectivity index (χ0v) is 17.5. The van der Waals surface area contributed by atoms with Crippen molar-refractivity contribution < 1.29 is 19.7 Å². The van der Waals surface area contributed by atoms with Crippen molar-refractivity contribution in [2.75, 3.05) is 20.1 Å². The molecule has 2 aliphatic heterocycles. The number of hydrogen-bond acceptors (Lipinski definition) is 5. The van der Waals surface area contributed by atoms with Gasteiger partial charge in [0.2, 0.25) is 5.91 Å². The molecule has 2 bridgehead atoms. The summed E-state index contributed by atoms with van der Waals surface area (Å²) < 4.78 is 6.47. The highest BCUT2D eigenvalue weighted by Gasteiger charge is 2.73. The van der Waals surface area contributed by atoms with Crippen LogP contribution in [0.2, 0.25) is 0 Å². The SMILES string of the molecule is C=CC(=O)N(C)C1CC[C@@]2(O)[C@@H]3Cc4ccc(O)c5c4[C@@]2(CCN3CC2CC2)C1O5. The largest absolute Gasteiger partial charge is 0.504 e. The number of phenolic OH excluding ortho intramolecular Hbond substituents is 1. The van der Waals surface area contributed by atoms with Gasteiger partial charge in [-0.25, -0.2) is 0 Å². The van der Waals surface area contributed by atoms with Gasteiger partial charge < -0.3 is 19.8 Å². The first-order chi connectivity index (χ1) is 14.4. The number of ether oxygens (including phenoxy) is 1. The average Bonchev–Trinajstić information content (AvgIpc) is 3.48. The minimum Gasteiger partial charge on any atom is -0.504 e. The van der Waals surface area contributed by atoms with Gasteiger partial charge in [0.05, 0.1) is 17.1 Å². The van der Waals surface area contributed by atoms with Gasteiger partial charge in [0.25, 0.3) is 0 Å². The Morgan fingerprint density at radius 2 is 2.17 bits per heavy atom. The van der Waals surface area contributed by atoms with Gasteiger partial charge in [0.15, 0.2) is 11.5 Å². The fourth-order valence-electron chi connectivity index (χ4n) is 7.16. The molecule has 6 heteroatoms. The van der Waals surface area contributed by atoms with Crippen LogP contribution in [0.3, 0.4) is 0 Å². The molecule has 1 amide bonds. The number of likely N-dealkylation sites (tertiary alicyclic amines) is 1. The maximum Gasteiger partial charge on any atom is 0.246 e. The molecular weight excluding hydrogens is 380 g/mol. The Bertz CT molecular complexity index is 943. The van der Waals surface area contributed by atoms with Crippen LogP contribution < -0.4 is 4.74 Å². The zero-order chi connectivity index (χ0) is 20.8. The van der Waals surface area contributed by atoms with Crippen LogP contribution >= 0.6 is 0 Å². The predicted octanol–water partition coefficient (Wildman–Crippen LogP) is 1.97. The number of rotatable bonds is 4. The van der Waals surface area contributed by atoms with Crippen molar-refractivity contribution in [1.29, 1.82) is 0 Å². The number of aromatic hydroxyl groups is 1. The van der Waals surface area contributed by atoms with Crippen molar-refractivity contribution >= 4 is 5.91 Å². The number of amides is 1. The van der Waals surface area contributed by atoms with E-state index < -0.39 is 11.0 Å². The van der Waals surface area contributed by atoms with E-state index in [1.165, 1.54) is 24.5 Å². The summed E-state index contributed by atoms with van der Waals surface area (Å²) in [5, 5.41) is 23.0. The molecule has 2 heterocycles. The molecule has 5 atom stereocenters. The van der Waals surface area contributed by atoms with Crippen molar-refractivity contribution in [3.05, 3.63) is 35.9 Å². The Labute approximate surface area is 177 Å². The first-order valence-electron chi connectivity index (χ1n) is 11.3. The summed E-state index contributed by atoms with van der Waals surface area (Å²) >= 11 is 0. The third-order valence-electron chi connectivity index (χ3n) is 8.75. The number of aliphatic hydroxyl groups is 1. The third-order valence-corrected chi connectivity index (χ3v) is 8.75. The lowest BCUT2D eigenvalue weighted by Gasteiger charge is -2.64. The standard InChI is InChI=1S/C24H30N2O4/c1-3-19(28)25(2)16-8-9-24(29)18-12-15-6-7-17(27)21-20(15)23(24,22(16)30-21)10-11-26(18)13-14-4-5-14/h3,6-7,14,16,18,22,27,29H,1,4-5,8-13H2,2H3/t16?,18-,22?,23-,24+/m0/s1. The average molecular weight is 411 g/mol. The molecule has 1 saturated heterocycles. The summed E-state index contributed by atoms with van der Waals surface area (Å²) in [4.78, 5) is 16.7. The molecule has 30 heavy (non-hydrogen) atoms. The summed E-state index contributed by atoms with van der Waals surface area (Å²) in [6.45, 7) is 5.63. The summed E-state index contributed by atoms with van der Waals surface area (Å²) in [5.74, 6) is 1.29. The fourth-order valence-corrected chi connectivity index (χ4v) is 7.16. The van der Waals surface area contributed by atoms with E-state index >= 15 is 0 Å². The molecule has 3 aliphatic carbocycles. The van der Waals surface area contributed by atoms with E-state index in [1.807, 2.05) is 6.07 Å². The Hall–Kier alpha value is -2.05. The lowest BCUT2D eigenvalue weighted by atomic mass is 9.48. The van der Waals surface area contributed by atoms with Crippen LogP contribution in [0.25, 0.3) is 0 Å². The van der Waals surface area contributed by atoms with E-state index in [0.717, 1.165) is 37.4 Å². The Balaban J connectivity index is 1.51. The molecule has 2 unspecified atom stereocenters. The van der Waals surface area contributed by atoms with Crippen LogP contribution in [-0.4, -0.2) is 69.8 Å². The fraction of sp³-hybridized carbons (Fsp3) is 0.625. The normalized spacial score (nSPS) is 38.5. The van der Waals surface area contributed by atoms with Gasteiger partial charge in [0, 0.05) is 25.2 Å². The van der Waals surface area contributed by atoms with Crippen molar-refractivity contribution in [2.24, 2.45) is 5.92 Å². The number of carbonyl (C=O) groups is 1. The number of phenols is 1. The Kier molecular flexibility index (Phi) is 3.75. The maximum atomic E-state index is 12.5. The zero-order valence-electron chi connectivity index (χ0n) is 17.5. The number of likely N-dealkylation sites (N-methyl/N-ethyl adjacent to an activating group) is 1. The van der Waals surface area contributed by atoms with Gasteiger partial charge in [-0.2, -0.15) is 0 Å². The van der Waals surface area contributed by atoms with E-state index in [-0.39, 0.29) is 29.8 Å². The summed E-state index contributed by atoms with van der Waals surface area (Å²) in [6, 6.07) is 3.63. The van der Waals surface area contributed by atoms with Crippen LogP contribution in [0.15, 0.2) is 24.8 Å². The second-order valence-corrected chi connectivity index (χ2v) is 10.0. The summed E-state index contributed by atoms with van der Waals surface area (Å²) in [5.41, 5.74) is 0.684. The molecule has 6 nitrogen and oxygen atoms in total. The third kappa shape index (κ3) is 2.14. The van der Waals surface area contributed by atoms with Gasteiger partial charge in [-0.3, -0.25) is 9.69 Å². The number of hydrogen-bond donors (Lipinski definition) is 2. The second-order valence-electron chi connectivity index (χ2n) is 10.0. The molecule has 3 fully saturated rings. The van der Waals surface area contributed by atoms with Crippen LogP contribution in [0.5, 0.6) is 11.5 Å². The summed E-state index contributed by atoms with van der Waals surface area (Å²) in [6.07, 6.45) is 6.45.